The van der Waals surface area contributed by atoms with E-state index in [4.69, 9.17) is 4.74 Å². The number of ether oxygens (including phenoxy) is 1. The van der Waals surface area contributed by atoms with Crippen molar-refractivity contribution >= 4 is 27.8 Å². The number of fused-ring (bicyclic) bond motifs is 1. The molecule has 12 heteroatoms. The third kappa shape index (κ3) is 4.29. The Balaban J connectivity index is 1.83. The highest BCUT2D eigenvalue weighted by atomic mass is 32.2. The van der Waals surface area contributed by atoms with Crippen LogP contribution in [0.5, 0.6) is 5.75 Å². The van der Waals surface area contributed by atoms with Gasteiger partial charge in [0.05, 0.1) is 13.2 Å². The second-order valence-electron chi connectivity index (χ2n) is 8.16. The molecule has 1 aromatic carbocycles. The maximum absolute atomic E-state index is 15.3. The van der Waals surface area contributed by atoms with Gasteiger partial charge in [0.1, 0.15) is 18.0 Å². The lowest BCUT2D eigenvalue weighted by atomic mass is 9.95. The highest BCUT2D eigenvalue weighted by Gasteiger charge is 2.39. The molecule has 3 rings (SSSR count). The van der Waals surface area contributed by atoms with Gasteiger partial charge in [-0.15, -0.1) is 0 Å². The molecule has 0 saturated carbocycles. The van der Waals surface area contributed by atoms with Crippen LogP contribution >= 0.6 is 0 Å². The zero-order chi connectivity index (χ0) is 22.3. The first kappa shape index (κ1) is 22.1. The maximum atomic E-state index is 15.3. The molecular formula is C18H25FN4O6S. The van der Waals surface area contributed by atoms with E-state index in [1.54, 1.807) is 11.8 Å². The molecule has 166 valence electrons. The second kappa shape index (κ2) is 7.91. The van der Waals surface area contributed by atoms with Gasteiger partial charge in [-0.2, -0.15) is 8.42 Å². The molecule has 1 saturated heterocycles. The summed E-state index contributed by atoms with van der Waals surface area (Å²) in [6, 6.07) is 0.896. The molecule has 1 aromatic rings. The Morgan fingerprint density at radius 1 is 1.40 bits per heavy atom. The number of urea groups is 1. The van der Waals surface area contributed by atoms with Crippen molar-refractivity contribution in [3.63, 3.8) is 0 Å². The summed E-state index contributed by atoms with van der Waals surface area (Å²) in [5.74, 6) is -2.38. The number of rotatable bonds is 5. The van der Waals surface area contributed by atoms with Gasteiger partial charge in [-0.1, -0.05) is 13.8 Å². The van der Waals surface area contributed by atoms with Crippen molar-refractivity contribution in [2.45, 2.75) is 26.8 Å². The van der Waals surface area contributed by atoms with Gasteiger partial charge in [0.25, 0.3) is 5.91 Å². The molecule has 0 aromatic heterocycles. The number of benzene rings is 1. The monoisotopic (exact) mass is 444 g/mol. The van der Waals surface area contributed by atoms with Crippen molar-refractivity contribution in [1.29, 1.82) is 0 Å². The summed E-state index contributed by atoms with van der Waals surface area (Å²) in [6.45, 7) is 4.25. The minimum atomic E-state index is -4.29. The van der Waals surface area contributed by atoms with Crippen LogP contribution in [-0.4, -0.2) is 63.7 Å². The molecule has 0 aliphatic carbocycles. The summed E-state index contributed by atoms with van der Waals surface area (Å²) in [5, 5.41) is 13.0. The van der Waals surface area contributed by atoms with E-state index in [-0.39, 0.29) is 23.6 Å². The van der Waals surface area contributed by atoms with Crippen LogP contribution in [0.25, 0.3) is 0 Å². The van der Waals surface area contributed by atoms with Crippen molar-refractivity contribution in [3.05, 3.63) is 23.0 Å². The minimum Gasteiger partial charge on any atom is -0.506 e. The first-order chi connectivity index (χ1) is 13.9. The van der Waals surface area contributed by atoms with Gasteiger partial charge < -0.3 is 20.1 Å². The lowest BCUT2D eigenvalue weighted by molar-refractivity contribution is -0.117. The van der Waals surface area contributed by atoms with Crippen molar-refractivity contribution in [1.82, 2.24) is 14.9 Å². The number of phenols is 1. The number of carbonyl (C=O) groups excluding carboxylic acids is 2. The summed E-state index contributed by atoms with van der Waals surface area (Å²) >= 11 is 0. The first-order valence-corrected chi connectivity index (χ1v) is 10.8. The second-order valence-corrected chi connectivity index (χ2v) is 9.76. The molecule has 2 aliphatic rings. The topological polar surface area (TPSA) is 128 Å². The van der Waals surface area contributed by atoms with E-state index in [1.165, 1.54) is 11.0 Å². The Morgan fingerprint density at radius 3 is 2.70 bits per heavy atom. The van der Waals surface area contributed by atoms with E-state index >= 15 is 4.39 Å². The zero-order valence-electron chi connectivity index (χ0n) is 17.0. The third-order valence-electron chi connectivity index (χ3n) is 5.02. The Kier molecular flexibility index (Phi) is 5.83. The maximum Gasteiger partial charge on any atom is 0.326 e. The zero-order valence-corrected chi connectivity index (χ0v) is 17.8. The highest BCUT2D eigenvalue weighted by molar-refractivity contribution is 7.92. The number of aromatic hydroxyl groups is 1. The average Bonchev–Trinajstić information content (AvgIpc) is 2.91. The van der Waals surface area contributed by atoms with Crippen molar-refractivity contribution in [2.24, 2.45) is 5.41 Å². The van der Waals surface area contributed by atoms with E-state index in [2.05, 4.69) is 5.32 Å². The van der Waals surface area contributed by atoms with E-state index in [0.717, 1.165) is 0 Å². The molecule has 0 atom stereocenters. The van der Waals surface area contributed by atoms with Gasteiger partial charge in [-0.25, -0.2) is 18.2 Å². The number of amides is 3. The summed E-state index contributed by atoms with van der Waals surface area (Å²) < 4.78 is 46.8. The number of nitrogens with zero attached hydrogens (tertiary/aromatic N) is 2. The van der Waals surface area contributed by atoms with E-state index in [9.17, 15) is 23.1 Å². The molecule has 10 nitrogen and oxygen atoms in total. The van der Waals surface area contributed by atoms with Gasteiger partial charge in [-0.3, -0.25) is 4.79 Å². The van der Waals surface area contributed by atoms with Gasteiger partial charge in [0.2, 0.25) is 0 Å². The smallest absolute Gasteiger partial charge is 0.326 e. The van der Waals surface area contributed by atoms with Crippen LogP contribution in [-0.2, 0) is 32.7 Å². The number of nitrogens with one attached hydrogen (secondary N) is 2. The number of hydrogen-bond acceptors (Lipinski definition) is 6. The highest BCUT2D eigenvalue weighted by Crippen LogP contribution is 2.39. The Hall–Kier alpha value is -2.60. The molecule has 1 fully saturated rings. The van der Waals surface area contributed by atoms with Crippen molar-refractivity contribution < 1.29 is 32.2 Å². The van der Waals surface area contributed by atoms with E-state index < -0.39 is 39.9 Å². The van der Waals surface area contributed by atoms with E-state index in [1.807, 2.05) is 13.8 Å². The molecule has 3 amide bonds. The van der Waals surface area contributed by atoms with Gasteiger partial charge >= 0.3 is 16.2 Å². The fourth-order valence-electron chi connectivity index (χ4n) is 3.56. The van der Waals surface area contributed by atoms with Crippen LogP contribution in [0.3, 0.4) is 0 Å². The Labute approximate surface area is 174 Å². The number of hydrogen-bond donors (Lipinski definition) is 3. The molecule has 3 N–H and O–H groups in total. The number of phenolic OH excluding ortho intramolecular Hbond substituents is 1. The largest absolute Gasteiger partial charge is 0.506 e. The summed E-state index contributed by atoms with van der Waals surface area (Å²) in [7, 11) is -2.72. The van der Waals surface area contributed by atoms with Crippen LogP contribution in [0.4, 0.5) is 14.9 Å². The van der Waals surface area contributed by atoms with Crippen molar-refractivity contribution in [2.75, 3.05) is 37.7 Å². The van der Waals surface area contributed by atoms with Crippen LogP contribution in [0.2, 0.25) is 0 Å². The third-order valence-corrected chi connectivity index (χ3v) is 6.40. The summed E-state index contributed by atoms with van der Waals surface area (Å²) in [5.41, 5.74) is -0.301. The lowest BCUT2D eigenvalue weighted by Gasteiger charge is -2.32. The Bertz CT molecular complexity index is 981. The van der Waals surface area contributed by atoms with Gasteiger partial charge in [-0.05, 0) is 18.1 Å². The predicted octanol–water partition coefficient (Wildman–Crippen LogP) is 0.453. The molecular weight excluding hydrogens is 419 g/mol. The summed E-state index contributed by atoms with van der Waals surface area (Å²) in [6.07, 6.45) is 0.291. The molecule has 2 aliphatic heterocycles. The summed E-state index contributed by atoms with van der Waals surface area (Å²) in [4.78, 5) is 25.5. The Morgan fingerprint density at radius 2 is 2.10 bits per heavy atom. The molecule has 0 bridgehead atoms. The van der Waals surface area contributed by atoms with Gasteiger partial charge in [0.15, 0.2) is 5.82 Å². The number of halogens is 1. The lowest BCUT2D eigenvalue weighted by Crippen LogP contribution is -2.46. The number of methoxy groups -OCH3 is 1. The van der Waals surface area contributed by atoms with Crippen molar-refractivity contribution in [3.8, 4) is 5.75 Å². The van der Waals surface area contributed by atoms with Gasteiger partial charge in [0, 0.05) is 31.2 Å². The van der Waals surface area contributed by atoms with Crippen LogP contribution < -0.4 is 14.3 Å². The number of anilines is 1. The normalized spacial score (nSPS) is 18.2. The molecule has 0 unspecified atom stereocenters. The predicted molar refractivity (Wildman–Crippen MR) is 106 cm³/mol. The van der Waals surface area contributed by atoms with E-state index in [0.29, 0.717) is 36.0 Å². The van der Waals surface area contributed by atoms with Crippen LogP contribution in [0, 0.1) is 11.2 Å². The number of carbonyl (C=O) groups is 2. The minimum absolute atomic E-state index is 0.0970. The molecule has 2 heterocycles. The first-order valence-electron chi connectivity index (χ1n) is 9.33. The molecule has 30 heavy (non-hydrogen) atoms. The SMILES string of the molecule is COCC(C)(C)CNC(=O)N1CCc2cc(O)c(N3CC(=O)NS3(=O)=O)c(F)c2C1. The molecule has 0 radical (unpaired) electrons. The van der Waals surface area contributed by atoms with Crippen LogP contribution in [0.1, 0.15) is 25.0 Å². The molecule has 0 spiro atoms. The standard InChI is InChI=1S/C18H25FN4O6S/c1-18(2,10-29-3)9-20-17(26)22-5-4-11-6-13(24)16(15(19)12(11)7-22)23-8-14(25)21-30(23,27)28/h6,24H,4-5,7-10H2,1-3H3,(H,20,26)(H,21,25). The van der Waals surface area contributed by atoms with Crippen LogP contribution in [0.15, 0.2) is 6.07 Å². The average molecular weight is 444 g/mol. The quantitative estimate of drug-likeness (QED) is 0.605. The fourth-order valence-corrected chi connectivity index (χ4v) is 4.72. The fraction of sp³-hybridized carbons (Fsp3) is 0.556.